The Bertz CT molecular complexity index is 1190. The maximum absolute atomic E-state index is 11.1. The lowest BCUT2D eigenvalue weighted by Gasteiger charge is -2.19. The van der Waals surface area contributed by atoms with Crippen molar-refractivity contribution in [2.45, 2.75) is 54.8 Å². The van der Waals surface area contributed by atoms with Gasteiger partial charge < -0.3 is 24.8 Å². The van der Waals surface area contributed by atoms with E-state index in [1.807, 2.05) is 66.7 Å². The topological polar surface area (TPSA) is 113 Å². The zero-order chi connectivity index (χ0) is 28.6. The van der Waals surface area contributed by atoms with Crippen molar-refractivity contribution in [3.05, 3.63) is 102 Å². The van der Waals surface area contributed by atoms with Crippen molar-refractivity contribution in [2.24, 2.45) is 0 Å². The Balaban J connectivity index is 1.46. The number of aliphatic hydroxyl groups is 1. The first-order valence-electron chi connectivity index (χ1n) is 13.4. The number of thioether (sulfide) groups is 1. The second-order valence-electron chi connectivity index (χ2n) is 9.26. The molecule has 0 aliphatic carbocycles. The maximum atomic E-state index is 11.1. The van der Waals surface area contributed by atoms with E-state index in [-0.39, 0.29) is 17.2 Å². The van der Waals surface area contributed by atoms with Gasteiger partial charge in [-0.1, -0.05) is 42.5 Å². The molecule has 0 aromatic heterocycles. The smallest absolute Gasteiger partial charge is 0.335 e. The van der Waals surface area contributed by atoms with Gasteiger partial charge >= 0.3 is 11.9 Å². The lowest BCUT2D eigenvalue weighted by atomic mass is 10.1. The molecule has 212 valence electrons. The number of allylic oxidation sites excluding steroid dienone is 1. The van der Waals surface area contributed by atoms with Crippen molar-refractivity contribution in [2.75, 3.05) is 13.2 Å². The fraction of sp³-hybridized carbons (Fsp3) is 0.312. The standard InChI is InChI=1S/C32H36O7S/c33-29(11-7-13-31(34)35)30(40-28-20-16-25(17-21-28)32(36)37)12-6-8-24-14-18-27(19-15-24)39-23-5-4-22-38-26-9-2-1-3-10-26/h1-3,6,9-10,12,14-21,29-30,33H,4-5,7-8,11,13,22-23H2,(H,34,35)(H,36,37)/b12-6-. The van der Waals surface area contributed by atoms with Crippen LogP contribution in [-0.2, 0) is 11.2 Å². The number of hydrogen-bond acceptors (Lipinski definition) is 6. The summed E-state index contributed by atoms with van der Waals surface area (Å²) in [7, 11) is 0. The monoisotopic (exact) mass is 564 g/mol. The lowest BCUT2D eigenvalue weighted by molar-refractivity contribution is -0.137. The van der Waals surface area contributed by atoms with Crippen molar-refractivity contribution in [3.63, 3.8) is 0 Å². The Morgan fingerprint density at radius 1 is 0.800 bits per heavy atom. The van der Waals surface area contributed by atoms with E-state index in [1.54, 1.807) is 12.1 Å². The molecule has 8 heteroatoms. The fourth-order valence-electron chi connectivity index (χ4n) is 3.87. The van der Waals surface area contributed by atoms with Crippen LogP contribution in [0.5, 0.6) is 11.5 Å². The predicted molar refractivity (Wildman–Crippen MR) is 156 cm³/mol. The molecule has 3 N–H and O–H groups in total. The molecule has 3 rings (SSSR count). The van der Waals surface area contributed by atoms with E-state index in [1.165, 1.54) is 23.9 Å². The molecule has 0 aliphatic heterocycles. The van der Waals surface area contributed by atoms with Crippen molar-refractivity contribution >= 4 is 23.7 Å². The lowest BCUT2D eigenvalue weighted by Crippen LogP contribution is -2.21. The first-order valence-corrected chi connectivity index (χ1v) is 14.2. The molecule has 7 nitrogen and oxygen atoms in total. The Labute approximate surface area is 239 Å². The van der Waals surface area contributed by atoms with Crippen LogP contribution in [0.2, 0.25) is 0 Å². The van der Waals surface area contributed by atoms with Crippen molar-refractivity contribution in [3.8, 4) is 11.5 Å². The van der Waals surface area contributed by atoms with Crippen LogP contribution in [0, 0.1) is 0 Å². The third kappa shape index (κ3) is 11.6. The van der Waals surface area contributed by atoms with Gasteiger partial charge in [0.05, 0.1) is 30.1 Å². The molecule has 3 aromatic carbocycles. The molecule has 0 saturated carbocycles. The van der Waals surface area contributed by atoms with Gasteiger partial charge in [0.15, 0.2) is 0 Å². The molecule has 0 radical (unpaired) electrons. The van der Waals surface area contributed by atoms with Gasteiger partial charge in [-0.05, 0) is 86.2 Å². The van der Waals surface area contributed by atoms with E-state index < -0.39 is 18.0 Å². The van der Waals surface area contributed by atoms with Gasteiger partial charge in [0, 0.05) is 11.3 Å². The van der Waals surface area contributed by atoms with E-state index in [0.29, 0.717) is 32.5 Å². The molecular weight excluding hydrogens is 528 g/mol. The molecule has 0 amide bonds. The molecule has 0 spiro atoms. The van der Waals surface area contributed by atoms with Gasteiger partial charge in [-0.2, -0.15) is 0 Å². The van der Waals surface area contributed by atoms with Gasteiger partial charge in [-0.25, -0.2) is 4.79 Å². The van der Waals surface area contributed by atoms with Crippen LogP contribution in [0.25, 0.3) is 0 Å². The minimum Gasteiger partial charge on any atom is -0.494 e. The van der Waals surface area contributed by atoms with Crippen molar-refractivity contribution < 1.29 is 34.4 Å². The number of ether oxygens (including phenoxy) is 2. The van der Waals surface area contributed by atoms with E-state index in [0.717, 1.165) is 34.8 Å². The van der Waals surface area contributed by atoms with Crippen LogP contribution < -0.4 is 9.47 Å². The highest BCUT2D eigenvalue weighted by molar-refractivity contribution is 8.00. The third-order valence-electron chi connectivity index (χ3n) is 6.07. The number of aliphatic hydroxyl groups excluding tert-OH is 1. The van der Waals surface area contributed by atoms with Gasteiger partial charge in [0.1, 0.15) is 11.5 Å². The number of carbonyl (C=O) groups is 2. The summed E-state index contributed by atoms with van der Waals surface area (Å²) in [4.78, 5) is 22.8. The number of carboxylic acid groups (broad SMARTS) is 2. The average Bonchev–Trinajstić information content (AvgIpc) is 2.95. The molecule has 0 bridgehead atoms. The summed E-state index contributed by atoms with van der Waals surface area (Å²) in [6.45, 7) is 1.27. The molecule has 0 aliphatic rings. The number of benzene rings is 3. The summed E-state index contributed by atoms with van der Waals surface area (Å²) in [6.07, 6.45) is 6.37. The first-order chi connectivity index (χ1) is 19.4. The quantitative estimate of drug-likeness (QED) is 0.0912. The van der Waals surface area contributed by atoms with E-state index in [4.69, 9.17) is 19.7 Å². The summed E-state index contributed by atoms with van der Waals surface area (Å²) in [5, 5.41) is 28.5. The average molecular weight is 565 g/mol. The Morgan fingerprint density at radius 2 is 1.43 bits per heavy atom. The minimum atomic E-state index is -0.994. The van der Waals surface area contributed by atoms with Crippen LogP contribution in [0.1, 0.15) is 48.0 Å². The van der Waals surface area contributed by atoms with Crippen molar-refractivity contribution in [1.29, 1.82) is 0 Å². The minimum absolute atomic E-state index is 0.00134. The Hall–Kier alpha value is -3.75. The van der Waals surface area contributed by atoms with E-state index >= 15 is 0 Å². The molecule has 2 unspecified atom stereocenters. The Kier molecular flexibility index (Phi) is 13.1. The number of rotatable bonds is 18. The number of para-hydroxylation sites is 1. The van der Waals surface area contributed by atoms with E-state index in [9.17, 15) is 14.7 Å². The number of hydrogen-bond donors (Lipinski definition) is 3. The molecule has 0 heterocycles. The second-order valence-corrected chi connectivity index (χ2v) is 10.5. The molecule has 2 atom stereocenters. The largest absolute Gasteiger partial charge is 0.494 e. The van der Waals surface area contributed by atoms with Crippen LogP contribution in [0.15, 0.2) is 95.9 Å². The SMILES string of the molecule is O=C(O)CCCC(O)C(/C=C\Cc1ccc(OCCCCOc2ccccc2)cc1)Sc1ccc(C(=O)O)cc1. The molecular formula is C32H36O7S. The number of unbranched alkanes of at least 4 members (excludes halogenated alkanes) is 1. The highest BCUT2D eigenvalue weighted by Gasteiger charge is 2.18. The van der Waals surface area contributed by atoms with Crippen LogP contribution in [-0.4, -0.2) is 51.8 Å². The second kappa shape index (κ2) is 17.0. The Morgan fingerprint density at radius 3 is 2.02 bits per heavy atom. The zero-order valence-electron chi connectivity index (χ0n) is 22.4. The van der Waals surface area contributed by atoms with Gasteiger partial charge in [-0.3, -0.25) is 4.79 Å². The van der Waals surface area contributed by atoms with Crippen molar-refractivity contribution in [1.82, 2.24) is 0 Å². The number of aliphatic carboxylic acids is 1. The number of carboxylic acids is 2. The summed E-state index contributed by atoms with van der Waals surface area (Å²) in [5.74, 6) is -0.198. The van der Waals surface area contributed by atoms with Gasteiger partial charge in [-0.15, -0.1) is 11.8 Å². The maximum Gasteiger partial charge on any atom is 0.335 e. The zero-order valence-corrected chi connectivity index (χ0v) is 23.2. The van der Waals surface area contributed by atoms with Gasteiger partial charge in [0.2, 0.25) is 0 Å². The molecule has 40 heavy (non-hydrogen) atoms. The summed E-state index contributed by atoms with van der Waals surface area (Å²) < 4.78 is 11.5. The molecule has 0 saturated heterocycles. The van der Waals surface area contributed by atoms with Crippen LogP contribution >= 0.6 is 11.8 Å². The molecule has 3 aromatic rings. The highest BCUT2D eigenvalue weighted by Crippen LogP contribution is 2.29. The summed E-state index contributed by atoms with van der Waals surface area (Å²) in [5.41, 5.74) is 1.29. The summed E-state index contributed by atoms with van der Waals surface area (Å²) >= 11 is 1.42. The third-order valence-corrected chi connectivity index (χ3v) is 7.35. The predicted octanol–water partition coefficient (Wildman–Crippen LogP) is 6.50. The van der Waals surface area contributed by atoms with Crippen LogP contribution in [0.4, 0.5) is 0 Å². The molecule has 0 fully saturated rings. The summed E-state index contributed by atoms with van der Waals surface area (Å²) in [6, 6.07) is 24.2. The van der Waals surface area contributed by atoms with Gasteiger partial charge in [0.25, 0.3) is 0 Å². The normalized spacial score (nSPS) is 12.6. The van der Waals surface area contributed by atoms with E-state index in [2.05, 4.69) is 0 Å². The first kappa shape index (κ1) is 30.8. The highest BCUT2D eigenvalue weighted by atomic mass is 32.2. The van der Waals surface area contributed by atoms with Crippen LogP contribution in [0.3, 0.4) is 0 Å². The number of aromatic carboxylic acids is 1. The fourth-order valence-corrected chi connectivity index (χ4v) is 4.96.